The monoisotopic (exact) mass is 402 g/mol. The molecule has 1 aromatic carbocycles. The van der Waals surface area contributed by atoms with Crippen LogP contribution in [0.25, 0.3) is 0 Å². The van der Waals surface area contributed by atoms with Crippen LogP contribution in [-0.2, 0) is 16.6 Å². The fourth-order valence-electron chi connectivity index (χ4n) is 4.11. The summed E-state index contributed by atoms with van der Waals surface area (Å²) in [5.41, 5.74) is 1.43. The Morgan fingerprint density at radius 1 is 1.22 bits per heavy atom. The van der Waals surface area contributed by atoms with Crippen LogP contribution in [0.4, 0.5) is 8.78 Å². The number of rotatable bonds is 8. The molecular weight excluding hydrogens is 374 g/mol. The highest BCUT2D eigenvalue weighted by molar-refractivity contribution is 7.89. The van der Waals surface area contributed by atoms with Gasteiger partial charge < -0.3 is 4.74 Å². The molecule has 1 saturated heterocycles. The van der Waals surface area contributed by atoms with Crippen molar-refractivity contribution in [2.24, 2.45) is 5.41 Å². The summed E-state index contributed by atoms with van der Waals surface area (Å²) in [7, 11) is -3.11. The van der Waals surface area contributed by atoms with E-state index in [1.807, 2.05) is 12.1 Å². The van der Waals surface area contributed by atoms with Crippen molar-refractivity contribution in [1.29, 1.82) is 0 Å². The molecule has 2 fully saturated rings. The fourth-order valence-corrected chi connectivity index (χ4v) is 4.95. The smallest absolute Gasteiger partial charge is 0.272 e. The minimum atomic E-state index is -3.11. The lowest BCUT2D eigenvalue weighted by molar-refractivity contribution is 0.0106. The standard InChI is InChI=1S/C19H28F2N2O3S/c1-2-27(24,25)22-16-11-19(12-16)7-9-23(10-8-19)13-15-3-5-17(6-4-15)26-14-18(20)21/h3-6,16,18,22H,2,7-14H2,1H3. The van der Waals surface area contributed by atoms with E-state index in [-0.39, 0.29) is 11.8 Å². The molecule has 0 radical (unpaired) electrons. The van der Waals surface area contributed by atoms with Gasteiger partial charge in [-0.3, -0.25) is 4.90 Å². The largest absolute Gasteiger partial charge is 0.488 e. The Balaban J connectivity index is 1.41. The number of likely N-dealkylation sites (tertiary alicyclic amines) is 1. The highest BCUT2D eigenvalue weighted by atomic mass is 32.2. The molecule has 0 bridgehead atoms. The van der Waals surface area contributed by atoms with E-state index in [1.54, 1.807) is 19.1 Å². The van der Waals surface area contributed by atoms with Gasteiger partial charge in [-0.1, -0.05) is 12.1 Å². The second-order valence-corrected chi connectivity index (χ2v) is 9.79. The van der Waals surface area contributed by atoms with Gasteiger partial charge in [0.25, 0.3) is 6.43 Å². The lowest BCUT2D eigenvalue weighted by Crippen LogP contribution is -2.54. The minimum absolute atomic E-state index is 0.0993. The molecule has 8 heteroatoms. The van der Waals surface area contributed by atoms with E-state index < -0.39 is 23.1 Å². The van der Waals surface area contributed by atoms with E-state index in [4.69, 9.17) is 4.74 Å². The molecule has 5 nitrogen and oxygen atoms in total. The molecule has 3 rings (SSSR count). The van der Waals surface area contributed by atoms with Crippen molar-refractivity contribution in [3.8, 4) is 5.75 Å². The maximum absolute atomic E-state index is 12.2. The van der Waals surface area contributed by atoms with Crippen molar-refractivity contribution in [2.75, 3.05) is 25.4 Å². The average molecular weight is 403 g/mol. The molecular formula is C19H28F2N2O3S. The van der Waals surface area contributed by atoms with Gasteiger partial charge in [0.15, 0.2) is 0 Å². The zero-order valence-corrected chi connectivity index (χ0v) is 16.5. The zero-order chi connectivity index (χ0) is 19.5. The van der Waals surface area contributed by atoms with Gasteiger partial charge in [-0.2, -0.15) is 0 Å². The predicted molar refractivity (Wildman–Crippen MR) is 101 cm³/mol. The summed E-state index contributed by atoms with van der Waals surface area (Å²) in [6, 6.07) is 7.41. The number of benzene rings is 1. The topological polar surface area (TPSA) is 58.6 Å². The van der Waals surface area contributed by atoms with E-state index in [0.717, 1.165) is 50.9 Å². The number of nitrogens with one attached hydrogen (secondary N) is 1. The van der Waals surface area contributed by atoms with E-state index >= 15 is 0 Å². The average Bonchev–Trinajstić information content (AvgIpc) is 2.61. The molecule has 1 aliphatic heterocycles. The Morgan fingerprint density at radius 2 is 1.85 bits per heavy atom. The second kappa shape index (κ2) is 8.41. The van der Waals surface area contributed by atoms with Crippen molar-refractivity contribution in [1.82, 2.24) is 9.62 Å². The SMILES string of the molecule is CCS(=O)(=O)NC1CC2(CCN(Cc3ccc(OCC(F)F)cc3)CC2)C1. The first-order chi connectivity index (χ1) is 12.8. The maximum Gasteiger partial charge on any atom is 0.272 e. The molecule has 0 amide bonds. The Morgan fingerprint density at radius 3 is 2.41 bits per heavy atom. The van der Waals surface area contributed by atoms with Crippen LogP contribution in [0.15, 0.2) is 24.3 Å². The van der Waals surface area contributed by atoms with Gasteiger partial charge in [-0.25, -0.2) is 21.9 Å². The van der Waals surface area contributed by atoms with E-state index in [1.165, 1.54) is 0 Å². The molecule has 1 heterocycles. The van der Waals surface area contributed by atoms with E-state index in [2.05, 4.69) is 9.62 Å². The molecule has 0 atom stereocenters. The van der Waals surface area contributed by atoms with E-state index in [0.29, 0.717) is 11.2 Å². The van der Waals surface area contributed by atoms with Crippen LogP contribution in [0.5, 0.6) is 5.75 Å². The van der Waals surface area contributed by atoms with Crippen molar-refractivity contribution in [3.05, 3.63) is 29.8 Å². The Bertz CT molecular complexity index is 709. The first-order valence-corrected chi connectivity index (χ1v) is 11.2. The molecule has 0 unspecified atom stereocenters. The van der Waals surface area contributed by atoms with Gasteiger partial charge in [-0.15, -0.1) is 0 Å². The number of piperidine rings is 1. The molecule has 1 aliphatic carbocycles. The minimum Gasteiger partial charge on any atom is -0.488 e. The first-order valence-electron chi connectivity index (χ1n) is 9.51. The normalized spacial score (nSPS) is 20.7. The van der Waals surface area contributed by atoms with Crippen LogP contribution in [0.1, 0.15) is 38.2 Å². The Labute approximate surface area is 160 Å². The molecule has 0 aromatic heterocycles. The summed E-state index contributed by atoms with van der Waals surface area (Å²) < 4.78 is 55.4. The summed E-state index contributed by atoms with van der Waals surface area (Å²) in [4.78, 5) is 2.39. The fraction of sp³-hybridized carbons (Fsp3) is 0.684. The number of nitrogens with zero attached hydrogens (tertiary/aromatic N) is 1. The second-order valence-electron chi connectivity index (χ2n) is 7.75. The third-order valence-electron chi connectivity index (χ3n) is 5.71. The predicted octanol–water partition coefficient (Wildman–Crippen LogP) is 3.01. The molecule has 2 aliphatic rings. The number of alkyl halides is 2. The zero-order valence-electron chi connectivity index (χ0n) is 15.7. The lowest BCUT2D eigenvalue weighted by Gasteiger charge is -2.52. The summed E-state index contributed by atoms with van der Waals surface area (Å²) in [6.45, 7) is 3.90. The number of hydrogen-bond acceptors (Lipinski definition) is 4. The number of hydrogen-bond donors (Lipinski definition) is 1. The lowest BCUT2D eigenvalue weighted by atomic mass is 9.60. The van der Waals surface area contributed by atoms with Crippen molar-refractivity contribution >= 4 is 10.0 Å². The van der Waals surface area contributed by atoms with Crippen molar-refractivity contribution in [3.63, 3.8) is 0 Å². The van der Waals surface area contributed by atoms with Gasteiger partial charge in [0.2, 0.25) is 10.0 Å². The van der Waals surface area contributed by atoms with Crippen LogP contribution >= 0.6 is 0 Å². The van der Waals surface area contributed by atoms with Gasteiger partial charge in [-0.05, 0) is 68.8 Å². The van der Waals surface area contributed by atoms with Gasteiger partial charge in [0.05, 0.1) is 5.75 Å². The van der Waals surface area contributed by atoms with Crippen LogP contribution in [0.2, 0.25) is 0 Å². The Kier molecular flexibility index (Phi) is 6.38. The molecule has 1 spiro atoms. The van der Waals surface area contributed by atoms with E-state index in [9.17, 15) is 17.2 Å². The molecule has 1 N–H and O–H groups in total. The third kappa shape index (κ3) is 5.62. The van der Waals surface area contributed by atoms with Crippen LogP contribution in [0.3, 0.4) is 0 Å². The Hall–Kier alpha value is -1.25. The van der Waals surface area contributed by atoms with Gasteiger partial charge in [0, 0.05) is 12.6 Å². The summed E-state index contributed by atoms with van der Waals surface area (Å²) in [5.74, 6) is 0.600. The van der Waals surface area contributed by atoms with Crippen LogP contribution in [-0.4, -0.2) is 51.2 Å². The molecule has 27 heavy (non-hydrogen) atoms. The highest BCUT2D eigenvalue weighted by Gasteiger charge is 2.46. The van der Waals surface area contributed by atoms with Crippen molar-refractivity contribution in [2.45, 2.75) is 51.6 Å². The highest BCUT2D eigenvalue weighted by Crippen LogP contribution is 2.49. The van der Waals surface area contributed by atoms with Gasteiger partial charge in [0.1, 0.15) is 12.4 Å². The quantitative estimate of drug-likeness (QED) is 0.726. The van der Waals surface area contributed by atoms with Crippen LogP contribution < -0.4 is 9.46 Å². The first kappa shape index (κ1) is 20.5. The third-order valence-corrected chi connectivity index (χ3v) is 7.16. The van der Waals surface area contributed by atoms with Crippen molar-refractivity contribution < 1.29 is 21.9 Å². The molecule has 152 valence electrons. The summed E-state index contributed by atoms with van der Waals surface area (Å²) >= 11 is 0. The van der Waals surface area contributed by atoms with Gasteiger partial charge >= 0.3 is 0 Å². The maximum atomic E-state index is 12.2. The number of sulfonamides is 1. The number of halogens is 2. The van der Waals surface area contributed by atoms with Crippen LogP contribution in [0, 0.1) is 5.41 Å². The summed E-state index contributed by atoms with van der Waals surface area (Å²) in [6.07, 6.45) is 1.60. The summed E-state index contributed by atoms with van der Waals surface area (Å²) in [5, 5.41) is 0. The number of ether oxygens (including phenoxy) is 1. The molecule has 1 saturated carbocycles. The molecule has 1 aromatic rings.